The summed E-state index contributed by atoms with van der Waals surface area (Å²) < 4.78 is 25.8. The van der Waals surface area contributed by atoms with E-state index in [2.05, 4.69) is 10.5 Å². The summed E-state index contributed by atoms with van der Waals surface area (Å²) >= 11 is 0. The van der Waals surface area contributed by atoms with E-state index in [0.29, 0.717) is 5.56 Å². The van der Waals surface area contributed by atoms with Gasteiger partial charge in [0.05, 0.1) is 6.04 Å². The molecule has 0 radical (unpaired) electrons. The Morgan fingerprint density at radius 1 is 1.56 bits per heavy atom. The summed E-state index contributed by atoms with van der Waals surface area (Å²) in [6.45, 7) is 1.83. The SMILES string of the molecule is CC(NCc1ccc(F)cc1F)C(N)=NO. The van der Waals surface area contributed by atoms with E-state index in [0.717, 1.165) is 6.07 Å². The first kappa shape index (κ1) is 12.4. The predicted octanol–water partition coefficient (Wildman–Crippen LogP) is 1.19. The summed E-state index contributed by atoms with van der Waals surface area (Å²) in [6.07, 6.45) is 0. The second kappa shape index (κ2) is 5.41. The Morgan fingerprint density at radius 2 is 2.25 bits per heavy atom. The van der Waals surface area contributed by atoms with Crippen LogP contribution in [-0.4, -0.2) is 17.1 Å². The van der Waals surface area contributed by atoms with Crippen LogP contribution in [0.3, 0.4) is 0 Å². The fraction of sp³-hybridized carbons (Fsp3) is 0.300. The summed E-state index contributed by atoms with van der Waals surface area (Å²) in [6, 6.07) is 2.94. The molecule has 0 aliphatic heterocycles. The highest BCUT2D eigenvalue weighted by Crippen LogP contribution is 2.09. The van der Waals surface area contributed by atoms with Gasteiger partial charge in [-0.1, -0.05) is 11.2 Å². The summed E-state index contributed by atoms with van der Waals surface area (Å²) in [5.41, 5.74) is 5.65. The number of rotatable bonds is 4. The van der Waals surface area contributed by atoms with Gasteiger partial charge in [0.15, 0.2) is 5.84 Å². The molecule has 0 bridgehead atoms. The first-order chi connectivity index (χ1) is 7.54. The molecular weight excluding hydrogens is 216 g/mol. The molecule has 16 heavy (non-hydrogen) atoms. The van der Waals surface area contributed by atoms with Crippen LogP contribution < -0.4 is 11.1 Å². The molecule has 0 aromatic heterocycles. The average molecular weight is 229 g/mol. The molecule has 88 valence electrons. The van der Waals surface area contributed by atoms with Gasteiger partial charge in [0.25, 0.3) is 0 Å². The molecule has 0 spiro atoms. The second-order valence-electron chi connectivity index (χ2n) is 3.36. The molecular formula is C10H13F2N3O. The van der Waals surface area contributed by atoms with Gasteiger partial charge in [-0.15, -0.1) is 0 Å². The van der Waals surface area contributed by atoms with Crippen LogP contribution in [0.4, 0.5) is 8.78 Å². The molecule has 0 saturated heterocycles. The van der Waals surface area contributed by atoms with Crippen LogP contribution in [0.15, 0.2) is 23.4 Å². The smallest absolute Gasteiger partial charge is 0.156 e. The maximum atomic E-state index is 13.2. The molecule has 0 amide bonds. The number of halogens is 2. The van der Waals surface area contributed by atoms with Crippen molar-refractivity contribution in [2.24, 2.45) is 10.9 Å². The number of hydrogen-bond donors (Lipinski definition) is 3. The lowest BCUT2D eigenvalue weighted by Gasteiger charge is -2.12. The van der Waals surface area contributed by atoms with Gasteiger partial charge in [0, 0.05) is 18.2 Å². The minimum atomic E-state index is -0.626. The monoisotopic (exact) mass is 229 g/mol. The largest absolute Gasteiger partial charge is 0.409 e. The standard InChI is InChI=1S/C10H13F2N3O/c1-6(10(13)15-16)14-5-7-2-3-8(11)4-9(7)12/h2-4,6,14,16H,5H2,1H3,(H2,13,15). The van der Waals surface area contributed by atoms with Crippen molar-refractivity contribution in [2.45, 2.75) is 19.5 Å². The van der Waals surface area contributed by atoms with Crippen LogP contribution >= 0.6 is 0 Å². The van der Waals surface area contributed by atoms with E-state index in [4.69, 9.17) is 10.9 Å². The van der Waals surface area contributed by atoms with Crippen LogP contribution in [0, 0.1) is 11.6 Å². The lowest BCUT2D eigenvalue weighted by atomic mass is 10.2. The highest BCUT2D eigenvalue weighted by atomic mass is 19.1. The van der Waals surface area contributed by atoms with Gasteiger partial charge in [-0.3, -0.25) is 0 Å². The topological polar surface area (TPSA) is 70.6 Å². The molecule has 0 heterocycles. The Kier molecular flexibility index (Phi) is 4.19. The summed E-state index contributed by atoms with van der Waals surface area (Å²) in [4.78, 5) is 0. The van der Waals surface area contributed by atoms with Crippen LogP contribution in [0.2, 0.25) is 0 Å². The van der Waals surface area contributed by atoms with Gasteiger partial charge < -0.3 is 16.3 Å². The summed E-state index contributed by atoms with van der Waals surface area (Å²) in [5, 5.41) is 14.0. The molecule has 1 aromatic rings. The number of nitrogens with zero attached hydrogens (tertiary/aromatic N) is 1. The van der Waals surface area contributed by atoms with Crippen LogP contribution in [0.5, 0.6) is 0 Å². The van der Waals surface area contributed by atoms with Crippen molar-refractivity contribution in [3.05, 3.63) is 35.4 Å². The third kappa shape index (κ3) is 3.16. The number of nitrogens with two attached hydrogens (primary N) is 1. The third-order valence-corrected chi connectivity index (χ3v) is 2.17. The van der Waals surface area contributed by atoms with E-state index in [1.807, 2.05) is 0 Å². The van der Waals surface area contributed by atoms with Crippen molar-refractivity contribution in [1.82, 2.24) is 5.32 Å². The van der Waals surface area contributed by atoms with Gasteiger partial charge in [0.2, 0.25) is 0 Å². The summed E-state index contributed by atoms with van der Waals surface area (Å²) in [5.74, 6) is -1.24. The highest BCUT2D eigenvalue weighted by Gasteiger charge is 2.08. The Bertz CT molecular complexity index is 396. The normalized spacial score (nSPS) is 13.8. The second-order valence-corrected chi connectivity index (χ2v) is 3.36. The molecule has 4 nitrogen and oxygen atoms in total. The zero-order valence-corrected chi connectivity index (χ0v) is 8.74. The van der Waals surface area contributed by atoms with Crippen molar-refractivity contribution in [3.8, 4) is 0 Å². The van der Waals surface area contributed by atoms with Gasteiger partial charge >= 0.3 is 0 Å². The number of nitrogens with one attached hydrogen (secondary N) is 1. The zero-order chi connectivity index (χ0) is 12.1. The molecule has 0 aliphatic rings. The maximum absolute atomic E-state index is 13.2. The first-order valence-corrected chi connectivity index (χ1v) is 4.69. The molecule has 6 heteroatoms. The quantitative estimate of drug-likeness (QED) is 0.314. The first-order valence-electron chi connectivity index (χ1n) is 4.69. The minimum absolute atomic E-state index is 0.00233. The van der Waals surface area contributed by atoms with Crippen molar-refractivity contribution in [2.75, 3.05) is 0 Å². The Hall–Kier alpha value is -1.69. The molecule has 0 aliphatic carbocycles. The molecule has 1 rings (SSSR count). The van der Waals surface area contributed by atoms with E-state index in [1.165, 1.54) is 12.1 Å². The fourth-order valence-electron chi connectivity index (χ4n) is 1.12. The van der Waals surface area contributed by atoms with Crippen molar-refractivity contribution in [1.29, 1.82) is 0 Å². The maximum Gasteiger partial charge on any atom is 0.156 e. The van der Waals surface area contributed by atoms with E-state index >= 15 is 0 Å². The van der Waals surface area contributed by atoms with E-state index < -0.39 is 17.7 Å². The molecule has 0 fully saturated rings. The lowest BCUT2D eigenvalue weighted by molar-refractivity contribution is 0.315. The molecule has 1 unspecified atom stereocenters. The number of hydrogen-bond acceptors (Lipinski definition) is 3. The zero-order valence-electron chi connectivity index (χ0n) is 8.74. The summed E-state index contributed by atoms with van der Waals surface area (Å²) in [7, 11) is 0. The van der Waals surface area contributed by atoms with Crippen LogP contribution in [0.25, 0.3) is 0 Å². The number of benzene rings is 1. The average Bonchev–Trinajstić information content (AvgIpc) is 2.26. The van der Waals surface area contributed by atoms with E-state index in [-0.39, 0.29) is 12.4 Å². The van der Waals surface area contributed by atoms with E-state index in [1.54, 1.807) is 6.92 Å². The lowest BCUT2D eigenvalue weighted by Crippen LogP contribution is -2.38. The van der Waals surface area contributed by atoms with E-state index in [9.17, 15) is 8.78 Å². The van der Waals surface area contributed by atoms with Crippen LogP contribution in [-0.2, 0) is 6.54 Å². The van der Waals surface area contributed by atoms with Gasteiger partial charge in [-0.05, 0) is 13.0 Å². The molecule has 0 saturated carbocycles. The highest BCUT2D eigenvalue weighted by molar-refractivity contribution is 5.84. The van der Waals surface area contributed by atoms with Crippen molar-refractivity contribution >= 4 is 5.84 Å². The van der Waals surface area contributed by atoms with Crippen molar-refractivity contribution < 1.29 is 14.0 Å². The fourth-order valence-corrected chi connectivity index (χ4v) is 1.12. The van der Waals surface area contributed by atoms with Gasteiger partial charge in [-0.25, -0.2) is 8.78 Å². The molecule has 1 atom stereocenters. The molecule has 4 N–H and O–H groups in total. The third-order valence-electron chi connectivity index (χ3n) is 2.17. The van der Waals surface area contributed by atoms with Gasteiger partial charge in [-0.2, -0.15) is 0 Å². The molecule has 1 aromatic carbocycles. The Balaban J connectivity index is 2.61. The predicted molar refractivity (Wildman–Crippen MR) is 56.1 cm³/mol. The minimum Gasteiger partial charge on any atom is -0.409 e. The number of amidine groups is 1. The Morgan fingerprint density at radius 3 is 2.81 bits per heavy atom. The van der Waals surface area contributed by atoms with Gasteiger partial charge in [0.1, 0.15) is 11.6 Å². The number of oxime groups is 1. The Labute approximate surface area is 91.8 Å². The van der Waals surface area contributed by atoms with Crippen LogP contribution in [0.1, 0.15) is 12.5 Å². The van der Waals surface area contributed by atoms with Crippen molar-refractivity contribution in [3.63, 3.8) is 0 Å².